The highest BCUT2D eigenvalue weighted by Gasteiger charge is 2.13. The van der Waals surface area contributed by atoms with Crippen molar-refractivity contribution >= 4 is 23.4 Å². The number of carbonyl (C=O) groups excluding carboxylic acids is 1. The zero-order chi connectivity index (χ0) is 20.1. The van der Waals surface area contributed by atoms with Crippen LogP contribution in [-0.2, 0) is 11.8 Å². The van der Waals surface area contributed by atoms with Gasteiger partial charge in [0, 0.05) is 24.3 Å². The van der Waals surface area contributed by atoms with Gasteiger partial charge < -0.3 is 19.4 Å². The molecule has 0 aliphatic heterocycles. The molecule has 0 bridgehead atoms. The van der Waals surface area contributed by atoms with Crippen LogP contribution in [-0.4, -0.2) is 29.2 Å². The molecule has 0 spiro atoms. The molecule has 8 heteroatoms. The predicted molar refractivity (Wildman–Crippen MR) is 106 cm³/mol. The van der Waals surface area contributed by atoms with Crippen LogP contribution in [0, 0.1) is 12.7 Å². The third-order valence-corrected chi connectivity index (χ3v) is 5.02. The number of hydrogen-bond donors (Lipinski definition) is 1. The number of nitrogens with one attached hydrogen (secondary N) is 1. The van der Waals surface area contributed by atoms with E-state index in [4.69, 9.17) is 9.47 Å². The average Bonchev–Trinajstić information content (AvgIpc) is 3.07. The van der Waals surface area contributed by atoms with Crippen LogP contribution in [0.2, 0.25) is 0 Å². The summed E-state index contributed by atoms with van der Waals surface area (Å²) in [5, 5.41) is 3.42. The molecule has 1 amide bonds. The molecule has 1 N–H and O–H groups in total. The molecule has 2 aromatic carbocycles. The van der Waals surface area contributed by atoms with Gasteiger partial charge in [-0.15, -0.1) is 0 Å². The van der Waals surface area contributed by atoms with E-state index in [1.165, 1.54) is 31.0 Å². The minimum atomic E-state index is -0.444. The number of imidazole rings is 1. The van der Waals surface area contributed by atoms with Crippen molar-refractivity contribution in [1.82, 2.24) is 9.55 Å². The molecule has 3 rings (SSSR count). The minimum absolute atomic E-state index is 0.234. The molecular formula is C20H20FN3O3S. The first-order valence-corrected chi connectivity index (χ1v) is 9.30. The highest BCUT2D eigenvalue weighted by molar-refractivity contribution is 7.99. The first-order chi connectivity index (χ1) is 13.5. The van der Waals surface area contributed by atoms with Gasteiger partial charge in [-0.2, -0.15) is 0 Å². The van der Waals surface area contributed by atoms with Gasteiger partial charge >= 0.3 is 0 Å². The van der Waals surface area contributed by atoms with Gasteiger partial charge in [0.2, 0.25) is 0 Å². The van der Waals surface area contributed by atoms with Gasteiger partial charge in [0.05, 0.1) is 12.8 Å². The molecule has 0 fully saturated rings. The Morgan fingerprint density at radius 2 is 2.07 bits per heavy atom. The van der Waals surface area contributed by atoms with E-state index < -0.39 is 11.7 Å². The smallest absolute Gasteiger partial charge is 0.262 e. The molecule has 6 nitrogen and oxygen atoms in total. The van der Waals surface area contributed by atoms with Crippen LogP contribution in [0.15, 0.2) is 58.8 Å². The average molecular weight is 401 g/mol. The van der Waals surface area contributed by atoms with Gasteiger partial charge in [0.1, 0.15) is 5.82 Å². The summed E-state index contributed by atoms with van der Waals surface area (Å²) >= 11 is 1.33. The largest absolute Gasteiger partial charge is 0.493 e. The van der Waals surface area contributed by atoms with Crippen molar-refractivity contribution in [3.8, 4) is 11.5 Å². The Labute approximate surface area is 166 Å². The van der Waals surface area contributed by atoms with Crippen molar-refractivity contribution < 1.29 is 18.7 Å². The van der Waals surface area contributed by atoms with Crippen LogP contribution in [0.25, 0.3) is 0 Å². The minimum Gasteiger partial charge on any atom is -0.493 e. The molecule has 0 aliphatic rings. The number of ether oxygens (including phenoxy) is 2. The molecule has 0 unspecified atom stereocenters. The number of hydrogen-bond acceptors (Lipinski definition) is 5. The Bertz CT molecular complexity index is 991. The maximum absolute atomic E-state index is 13.7. The van der Waals surface area contributed by atoms with Crippen LogP contribution in [0.3, 0.4) is 0 Å². The second kappa shape index (κ2) is 8.79. The zero-order valence-electron chi connectivity index (χ0n) is 15.7. The van der Waals surface area contributed by atoms with Gasteiger partial charge in [-0.25, -0.2) is 9.37 Å². The molecule has 0 aliphatic carbocycles. The van der Waals surface area contributed by atoms with Crippen molar-refractivity contribution in [3.63, 3.8) is 0 Å². The maximum Gasteiger partial charge on any atom is 0.262 e. The second-order valence-electron chi connectivity index (χ2n) is 6.05. The van der Waals surface area contributed by atoms with E-state index in [-0.39, 0.29) is 6.61 Å². The maximum atomic E-state index is 13.7. The monoisotopic (exact) mass is 401 g/mol. The van der Waals surface area contributed by atoms with Crippen LogP contribution < -0.4 is 14.8 Å². The number of aromatic nitrogens is 2. The van der Waals surface area contributed by atoms with Crippen LogP contribution >= 0.6 is 11.8 Å². The van der Waals surface area contributed by atoms with Gasteiger partial charge in [-0.1, -0.05) is 6.07 Å². The summed E-state index contributed by atoms with van der Waals surface area (Å²) in [6, 6.07) is 9.65. The van der Waals surface area contributed by atoms with Crippen LogP contribution in [0.5, 0.6) is 11.5 Å². The fraction of sp³-hybridized carbons (Fsp3) is 0.200. The van der Waals surface area contributed by atoms with E-state index in [0.29, 0.717) is 22.1 Å². The summed E-state index contributed by atoms with van der Waals surface area (Å²) in [5.41, 5.74) is 1.38. The van der Waals surface area contributed by atoms with E-state index in [1.54, 1.807) is 18.3 Å². The highest BCUT2D eigenvalue weighted by atomic mass is 32.2. The third kappa shape index (κ3) is 4.83. The van der Waals surface area contributed by atoms with Gasteiger partial charge in [0.15, 0.2) is 23.3 Å². The van der Waals surface area contributed by atoms with Crippen molar-refractivity contribution in [2.75, 3.05) is 19.0 Å². The summed E-state index contributed by atoms with van der Waals surface area (Å²) in [6.07, 6.45) is 3.49. The Morgan fingerprint density at radius 3 is 2.79 bits per heavy atom. The number of halogens is 1. The Morgan fingerprint density at radius 1 is 1.25 bits per heavy atom. The zero-order valence-corrected chi connectivity index (χ0v) is 16.5. The van der Waals surface area contributed by atoms with E-state index in [2.05, 4.69) is 10.3 Å². The SMILES string of the molecule is COc1cc(C)ccc1OCC(=O)Nc1cc(F)ccc1Sc1nccn1C. The summed E-state index contributed by atoms with van der Waals surface area (Å²) in [4.78, 5) is 17.3. The number of anilines is 1. The lowest BCUT2D eigenvalue weighted by atomic mass is 10.2. The fourth-order valence-electron chi connectivity index (χ4n) is 2.46. The van der Waals surface area contributed by atoms with Gasteiger partial charge in [-0.3, -0.25) is 4.79 Å². The normalized spacial score (nSPS) is 10.6. The van der Waals surface area contributed by atoms with Crippen molar-refractivity contribution in [2.24, 2.45) is 7.05 Å². The molecular weight excluding hydrogens is 381 g/mol. The Kier molecular flexibility index (Phi) is 6.20. The number of aryl methyl sites for hydroxylation is 2. The van der Waals surface area contributed by atoms with Crippen molar-refractivity contribution in [1.29, 1.82) is 0 Å². The molecule has 0 saturated carbocycles. The molecule has 1 aromatic heterocycles. The lowest BCUT2D eigenvalue weighted by Crippen LogP contribution is -2.20. The number of amides is 1. The number of methoxy groups -OCH3 is 1. The molecule has 1 heterocycles. The van der Waals surface area contributed by atoms with E-state index in [9.17, 15) is 9.18 Å². The summed E-state index contributed by atoms with van der Waals surface area (Å²) in [5.74, 6) is 0.158. The number of carbonyl (C=O) groups is 1. The van der Waals surface area contributed by atoms with Crippen molar-refractivity contribution in [2.45, 2.75) is 17.0 Å². The van der Waals surface area contributed by atoms with Crippen LogP contribution in [0.1, 0.15) is 5.56 Å². The van der Waals surface area contributed by atoms with Gasteiger partial charge in [0.25, 0.3) is 5.91 Å². The van der Waals surface area contributed by atoms with E-state index in [0.717, 1.165) is 10.7 Å². The molecule has 0 atom stereocenters. The highest BCUT2D eigenvalue weighted by Crippen LogP contribution is 2.33. The first kappa shape index (κ1) is 19.8. The quantitative estimate of drug-likeness (QED) is 0.647. The topological polar surface area (TPSA) is 65.4 Å². The Balaban J connectivity index is 1.70. The standard InChI is InChI=1S/C20H20FN3O3S/c1-13-4-6-16(17(10-13)26-3)27-12-19(25)23-15-11-14(21)5-7-18(15)28-20-22-8-9-24(20)2/h4-11H,12H2,1-3H3,(H,23,25). The fourth-order valence-corrected chi connectivity index (χ4v) is 3.33. The van der Waals surface area contributed by atoms with E-state index >= 15 is 0 Å². The summed E-state index contributed by atoms with van der Waals surface area (Å²) in [7, 11) is 3.40. The van der Waals surface area contributed by atoms with E-state index in [1.807, 2.05) is 36.9 Å². The molecule has 28 heavy (non-hydrogen) atoms. The Hall–Kier alpha value is -3.00. The number of benzene rings is 2. The van der Waals surface area contributed by atoms with Crippen molar-refractivity contribution in [3.05, 3.63) is 60.2 Å². The lowest BCUT2D eigenvalue weighted by Gasteiger charge is -2.13. The molecule has 0 radical (unpaired) electrons. The van der Waals surface area contributed by atoms with Gasteiger partial charge in [-0.05, 0) is 54.6 Å². The second-order valence-corrected chi connectivity index (χ2v) is 7.06. The summed E-state index contributed by atoms with van der Waals surface area (Å²) < 4.78 is 26.4. The first-order valence-electron chi connectivity index (χ1n) is 8.48. The molecule has 0 saturated heterocycles. The van der Waals surface area contributed by atoms with Crippen LogP contribution in [0.4, 0.5) is 10.1 Å². The number of rotatable bonds is 7. The predicted octanol–water partition coefficient (Wildman–Crippen LogP) is 4.04. The molecule has 3 aromatic rings. The summed E-state index contributed by atoms with van der Waals surface area (Å²) in [6.45, 7) is 1.70. The lowest BCUT2D eigenvalue weighted by molar-refractivity contribution is -0.118. The number of nitrogens with zero attached hydrogens (tertiary/aromatic N) is 2. The third-order valence-electron chi connectivity index (χ3n) is 3.87. The molecule has 146 valence electrons.